The van der Waals surface area contributed by atoms with Crippen LogP contribution in [-0.2, 0) is 11.3 Å². The number of hydrogen-bond donors (Lipinski definition) is 2. The third-order valence-electron chi connectivity index (χ3n) is 2.84. The van der Waals surface area contributed by atoms with Crippen LogP contribution in [0.1, 0.15) is 11.1 Å². The molecule has 0 atom stereocenters. The number of alkyl carbamates (subject to hydrolysis) is 1. The predicted molar refractivity (Wildman–Crippen MR) is 92.4 cm³/mol. The summed E-state index contributed by atoms with van der Waals surface area (Å²) >= 11 is 11.9. The maximum Gasteiger partial charge on any atom is 0.408 e. The highest BCUT2D eigenvalue weighted by molar-refractivity contribution is 6.35. The lowest BCUT2D eigenvalue weighted by Crippen LogP contribution is -2.24. The van der Waals surface area contributed by atoms with Crippen LogP contribution < -0.4 is 11.1 Å². The normalized spacial score (nSPS) is 9.65. The molecule has 6 heteroatoms. The molecule has 0 aliphatic heterocycles. The molecular formula is C17H14Cl2N2O2. The molecule has 0 unspecified atom stereocenters. The Bertz CT molecular complexity index is 752. The fraction of sp³-hybridized carbons (Fsp3) is 0.118. The highest BCUT2D eigenvalue weighted by Crippen LogP contribution is 2.26. The van der Waals surface area contributed by atoms with Crippen LogP contribution in [-0.4, -0.2) is 12.6 Å². The largest absolute Gasteiger partial charge is 0.445 e. The highest BCUT2D eigenvalue weighted by Gasteiger charge is 2.03. The van der Waals surface area contributed by atoms with Crippen LogP contribution in [0.5, 0.6) is 0 Å². The van der Waals surface area contributed by atoms with Crippen LogP contribution in [0.4, 0.5) is 10.5 Å². The number of ether oxygens (including phenoxy) is 1. The van der Waals surface area contributed by atoms with Gasteiger partial charge in [-0.05, 0) is 17.7 Å². The van der Waals surface area contributed by atoms with Gasteiger partial charge in [-0.15, -0.1) is 0 Å². The SMILES string of the molecule is Nc1cc(Cl)c(C#CCNC(=O)OCc2ccccc2)cc1Cl. The Morgan fingerprint density at radius 3 is 2.65 bits per heavy atom. The smallest absolute Gasteiger partial charge is 0.408 e. The van der Waals surface area contributed by atoms with Crippen LogP contribution in [0.15, 0.2) is 42.5 Å². The molecule has 0 radical (unpaired) electrons. The minimum atomic E-state index is -0.537. The Kier molecular flexibility index (Phi) is 6.16. The van der Waals surface area contributed by atoms with Gasteiger partial charge in [-0.25, -0.2) is 4.79 Å². The number of rotatable bonds is 3. The molecule has 0 saturated carbocycles. The lowest BCUT2D eigenvalue weighted by molar-refractivity contribution is 0.141. The number of nitrogens with one attached hydrogen (secondary N) is 1. The fourth-order valence-electron chi connectivity index (χ4n) is 1.69. The van der Waals surface area contributed by atoms with Crippen molar-refractivity contribution >= 4 is 35.0 Å². The number of carbonyl (C=O) groups is 1. The number of hydrogen-bond acceptors (Lipinski definition) is 3. The summed E-state index contributed by atoms with van der Waals surface area (Å²) in [5.41, 5.74) is 7.48. The number of nitrogen functional groups attached to an aromatic ring is 1. The molecule has 23 heavy (non-hydrogen) atoms. The van der Waals surface area contributed by atoms with Crippen LogP contribution in [0.3, 0.4) is 0 Å². The van der Waals surface area contributed by atoms with E-state index in [1.807, 2.05) is 30.3 Å². The molecule has 0 aliphatic carbocycles. The molecule has 0 heterocycles. The Labute approximate surface area is 144 Å². The first-order valence-corrected chi connectivity index (χ1v) is 7.50. The van der Waals surface area contributed by atoms with Crippen molar-refractivity contribution in [2.75, 3.05) is 12.3 Å². The van der Waals surface area contributed by atoms with E-state index in [4.69, 9.17) is 33.7 Å². The van der Waals surface area contributed by atoms with Crippen LogP contribution >= 0.6 is 23.2 Å². The summed E-state index contributed by atoms with van der Waals surface area (Å²) in [6, 6.07) is 12.5. The number of nitrogens with two attached hydrogens (primary N) is 1. The second-order valence-corrected chi connectivity index (χ2v) is 5.39. The summed E-state index contributed by atoms with van der Waals surface area (Å²) in [6.07, 6.45) is -0.537. The fourth-order valence-corrected chi connectivity index (χ4v) is 2.07. The standard InChI is InChI=1S/C17H14Cl2N2O2/c18-14-10-16(20)15(19)9-13(14)7-4-8-21-17(22)23-11-12-5-2-1-3-6-12/h1-3,5-6,9-10H,8,11,20H2,(H,21,22). The Balaban J connectivity index is 1.81. The number of halogens is 2. The summed E-state index contributed by atoms with van der Waals surface area (Å²) in [5, 5.41) is 3.32. The zero-order valence-electron chi connectivity index (χ0n) is 12.1. The minimum Gasteiger partial charge on any atom is -0.445 e. The monoisotopic (exact) mass is 348 g/mol. The van der Waals surface area contributed by atoms with Gasteiger partial charge in [0.15, 0.2) is 0 Å². The molecule has 0 aliphatic rings. The average Bonchev–Trinajstić information content (AvgIpc) is 2.55. The lowest BCUT2D eigenvalue weighted by Gasteiger charge is -2.04. The zero-order chi connectivity index (χ0) is 16.7. The van der Waals surface area contributed by atoms with Gasteiger partial charge in [-0.2, -0.15) is 0 Å². The molecule has 0 fully saturated rings. The Morgan fingerprint density at radius 1 is 1.17 bits per heavy atom. The molecule has 0 spiro atoms. The first kappa shape index (κ1) is 17.0. The van der Waals surface area contributed by atoms with E-state index in [0.717, 1.165) is 5.56 Å². The van der Waals surface area contributed by atoms with Gasteiger partial charge in [0.1, 0.15) is 6.61 Å². The van der Waals surface area contributed by atoms with E-state index >= 15 is 0 Å². The van der Waals surface area contributed by atoms with Crippen molar-refractivity contribution in [2.45, 2.75) is 6.61 Å². The molecule has 3 N–H and O–H groups in total. The Morgan fingerprint density at radius 2 is 1.91 bits per heavy atom. The molecule has 4 nitrogen and oxygen atoms in total. The van der Waals surface area contributed by atoms with Crippen molar-refractivity contribution in [3.63, 3.8) is 0 Å². The molecule has 0 saturated heterocycles. The molecule has 0 bridgehead atoms. The van der Waals surface area contributed by atoms with Gasteiger partial charge < -0.3 is 15.8 Å². The molecule has 1 amide bonds. The highest BCUT2D eigenvalue weighted by atomic mass is 35.5. The summed E-state index contributed by atoms with van der Waals surface area (Å²) in [5.74, 6) is 5.59. The molecular weight excluding hydrogens is 335 g/mol. The van der Waals surface area contributed by atoms with E-state index in [9.17, 15) is 4.79 Å². The lowest BCUT2D eigenvalue weighted by atomic mass is 10.2. The molecule has 2 aromatic carbocycles. The van der Waals surface area contributed by atoms with E-state index < -0.39 is 6.09 Å². The van der Waals surface area contributed by atoms with E-state index in [-0.39, 0.29) is 13.2 Å². The van der Waals surface area contributed by atoms with Crippen LogP contribution in [0, 0.1) is 11.8 Å². The third kappa shape index (κ3) is 5.41. The van der Waals surface area contributed by atoms with Crippen molar-refractivity contribution in [3.05, 3.63) is 63.6 Å². The van der Waals surface area contributed by atoms with Gasteiger partial charge in [-0.1, -0.05) is 65.4 Å². The van der Waals surface area contributed by atoms with Gasteiger partial charge >= 0.3 is 6.09 Å². The number of amides is 1. The zero-order valence-corrected chi connectivity index (χ0v) is 13.6. The van der Waals surface area contributed by atoms with Crippen molar-refractivity contribution in [2.24, 2.45) is 0 Å². The maximum atomic E-state index is 11.5. The predicted octanol–water partition coefficient (Wildman–Crippen LogP) is 3.85. The van der Waals surface area contributed by atoms with E-state index in [1.54, 1.807) is 6.07 Å². The average molecular weight is 349 g/mol. The number of carbonyl (C=O) groups excluding carboxylic acids is 1. The van der Waals surface area contributed by atoms with E-state index in [1.165, 1.54) is 6.07 Å². The summed E-state index contributed by atoms with van der Waals surface area (Å²) in [4.78, 5) is 11.5. The number of benzene rings is 2. The van der Waals surface area contributed by atoms with Crippen molar-refractivity contribution in [1.29, 1.82) is 0 Å². The van der Waals surface area contributed by atoms with E-state index in [0.29, 0.717) is 21.3 Å². The minimum absolute atomic E-state index is 0.131. The first-order valence-electron chi connectivity index (χ1n) is 6.74. The van der Waals surface area contributed by atoms with Gasteiger partial charge in [0.25, 0.3) is 0 Å². The van der Waals surface area contributed by atoms with Crippen LogP contribution in [0.25, 0.3) is 0 Å². The van der Waals surface area contributed by atoms with Crippen molar-refractivity contribution < 1.29 is 9.53 Å². The topological polar surface area (TPSA) is 64.3 Å². The van der Waals surface area contributed by atoms with Crippen molar-refractivity contribution in [3.8, 4) is 11.8 Å². The second-order valence-electron chi connectivity index (χ2n) is 4.57. The van der Waals surface area contributed by atoms with Gasteiger partial charge in [0.2, 0.25) is 0 Å². The van der Waals surface area contributed by atoms with Gasteiger partial charge in [0.05, 0.1) is 22.3 Å². The Hall–Kier alpha value is -2.35. The van der Waals surface area contributed by atoms with E-state index in [2.05, 4.69) is 17.2 Å². The van der Waals surface area contributed by atoms with Crippen LogP contribution in [0.2, 0.25) is 10.0 Å². The molecule has 118 valence electrons. The molecule has 2 rings (SSSR count). The summed E-state index contributed by atoms with van der Waals surface area (Å²) in [6.45, 7) is 0.339. The third-order valence-corrected chi connectivity index (χ3v) is 3.48. The quantitative estimate of drug-likeness (QED) is 0.653. The van der Waals surface area contributed by atoms with Crippen molar-refractivity contribution in [1.82, 2.24) is 5.32 Å². The first-order chi connectivity index (χ1) is 11.1. The molecule has 2 aromatic rings. The summed E-state index contributed by atoms with van der Waals surface area (Å²) in [7, 11) is 0. The number of anilines is 1. The molecule has 0 aromatic heterocycles. The maximum absolute atomic E-state index is 11.5. The van der Waals surface area contributed by atoms with Gasteiger partial charge in [0, 0.05) is 5.56 Å². The van der Waals surface area contributed by atoms with Gasteiger partial charge in [-0.3, -0.25) is 0 Å². The summed E-state index contributed by atoms with van der Waals surface area (Å²) < 4.78 is 5.06. The second kappa shape index (κ2) is 8.33.